The van der Waals surface area contributed by atoms with Gasteiger partial charge in [-0.3, -0.25) is 13.9 Å². The maximum atomic E-state index is 12.5. The average Bonchev–Trinajstić information content (AvgIpc) is 2.95. The lowest BCUT2D eigenvalue weighted by molar-refractivity contribution is 0.0952. The van der Waals surface area contributed by atoms with Gasteiger partial charge in [0.2, 0.25) is 0 Å². The molecular weight excluding hydrogens is 524 g/mol. The fourth-order valence-corrected chi connectivity index (χ4v) is 5.64. The van der Waals surface area contributed by atoms with Gasteiger partial charge in [-0.1, -0.05) is 84.0 Å². The summed E-state index contributed by atoms with van der Waals surface area (Å²) < 4.78 is 26.5. The van der Waals surface area contributed by atoms with Crippen molar-refractivity contribution in [2.45, 2.75) is 116 Å². The molecule has 1 atom stereocenters. The maximum absolute atomic E-state index is 12.5. The van der Waals surface area contributed by atoms with E-state index in [1.54, 1.807) is 6.20 Å². The van der Waals surface area contributed by atoms with Crippen molar-refractivity contribution in [1.29, 1.82) is 0 Å². The summed E-state index contributed by atoms with van der Waals surface area (Å²) in [6.07, 6.45) is 20.8. The number of hydrogen-bond donors (Lipinski definition) is 1. The number of piperazine rings is 1. The van der Waals surface area contributed by atoms with Crippen molar-refractivity contribution in [3.63, 3.8) is 0 Å². The van der Waals surface area contributed by atoms with Crippen LogP contribution in [0.5, 0.6) is 0 Å². The van der Waals surface area contributed by atoms with E-state index < -0.39 is 10.1 Å². The summed E-state index contributed by atoms with van der Waals surface area (Å²) in [6.45, 7) is 9.68. The molecule has 8 nitrogen and oxygen atoms in total. The van der Waals surface area contributed by atoms with E-state index >= 15 is 0 Å². The lowest BCUT2D eigenvalue weighted by atomic mass is 10.0. The number of amides is 1. The van der Waals surface area contributed by atoms with Gasteiger partial charge in [0.05, 0.1) is 18.4 Å². The summed E-state index contributed by atoms with van der Waals surface area (Å²) in [4.78, 5) is 21.9. The molecule has 40 heavy (non-hydrogen) atoms. The van der Waals surface area contributed by atoms with E-state index in [-0.39, 0.29) is 5.91 Å². The van der Waals surface area contributed by atoms with Crippen molar-refractivity contribution >= 4 is 21.8 Å². The van der Waals surface area contributed by atoms with Gasteiger partial charge in [-0.25, -0.2) is 4.98 Å². The van der Waals surface area contributed by atoms with Crippen LogP contribution < -0.4 is 10.2 Å². The minimum Gasteiger partial charge on any atom is -0.354 e. The van der Waals surface area contributed by atoms with E-state index in [9.17, 15) is 13.2 Å². The summed E-state index contributed by atoms with van der Waals surface area (Å²) >= 11 is 0. The van der Waals surface area contributed by atoms with Crippen LogP contribution in [0.1, 0.15) is 121 Å². The van der Waals surface area contributed by atoms with E-state index in [1.807, 2.05) is 12.1 Å². The van der Waals surface area contributed by atoms with Gasteiger partial charge < -0.3 is 10.2 Å². The standard InChI is InChI=1S/C31H56N4O4S/c1-4-28(2)34-22-24-35(25-23-34)30-20-19-29(27-33-30)31(36)32-21-17-15-13-11-9-7-5-6-8-10-12-14-16-18-26-39-40(3,37)38/h19-20,27-28H,4-18,21-26H2,1-3H3,(H,32,36). The van der Waals surface area contributed by atoms with Crippen molar-refractivity contribution in [3.8, 4) is 0 Å². The van der Waals surface area contributed by atoms with Crippen LogP contribution in [0.4, 0.5) is 5.82 Å². The van der Waals surface area contributed by atoms with Crippen LogP contribution in [0.3, 0.4) is 0 Å². The second-order valence-electron chi connectivity index (χ2n) is 11.4. The zero-order chi connectivity index (χ0) is 29.1. The number of hydrogen-bond acceptors (Lipinski definition) is 7. The molecule has 1 amide bonds. The van der Waals surface area contributed by atoms with Crippen molar-refractivity contribution in [2.75, 3.05) is 50.5 Å². The van der Waals surface area contributed by atoms with Crippen molar-refractivity contribution in [2.24, 2.45) is 0 Å². The monoisotopic (exact) mass is 580 g/mol. The quantitative estimate of drug-likeness (QED) is 0.130. The maximum Gasteiger partial charge on any atom is 0.264 e. The molecule has 1 aromatic heterocycles. The third-order valence-corrected chi connectivity index (χ3v) is 8.61. The Morgan fingerprint density at radius 1 is 0.875 bits per heavy atom. The van der Waals surface area contributed by atoms with E-state index in [4.69, 9.17) is 4.18 Å². The second kappa shape index (κ2) is 20.2. The predicted octanol–water partition coefficient (Wildman–Crippen LogP) is 6.17. The van der Waals surface area contributed by atoms with Crippen LogP contribution in [-0.2, 0) is 14.3 Å². The van der Waals surface area contributed by atoms with Gasteiger partial charge in [-0.15, -0.1) is 0 Å². The van der Waals surface area contributed by atoms with E-state index in [1.165, 1.54) is 64.2 Å². The number of aromatic nitrogens is 1. The molecule has 1 aliphatic heterocycles. The molecule has 0 spiro atoms. The first-order valence-corrected chi connectivity index (χ1v) is 17.7. The largest absolute Gasteiger partial charge is 0.354 e. The molecule has 230 valence electrons. The zero-order valence-corrected chi connectivity index (χ0v) is 26.4. The molecule has 0 saturated carbocycles. The molecule has 1 N–H and O–H groups in total. The van der Waals surface area contributed by atoms with Crippen LogP contribution in [-0.4, -0.2) is 75.8 Å². The zero-order valence-electron chi connectivity index (χ0n) is 25.5. The molecule has 1 saturated heterocycles. The van der Waals surface area contributed by atoms with Crippen molar-refractivity contribution in [3.05, 3.63) is 23.9 Å². The van der Waals surface area contributed by atoms with Gasteiger partial charge in [0.15, 0.2) is 0 Å². The van der Waals surface area contributed by atoms with Gasteiger partial charge in [0, 0.05) is 45.0 Å². The second-order valence-corrected chi connectivity index (χ2v) is 13.1. The van der Waals surface area contributed by atoms with Crippen LogP contribution >= 0.6 is 0 Å². The third-order valence-electron chi connectivity index (χ3n) is 8.02. The Hall–Kier alpha value is -1.71. The first-order chi connectivity index (χ1) is 19.3. The molecule has 9 heteroatoms. The number of nitrogens with zero attached hydrogens (tertiary/aromatic N) is 3. The van der Waals surface area contributed by atoms with Crippen LogP contribution in [0.15, 0.2) is 18.3 Å². The van der Waals surface area contributed by atoms with Crippen molar-refractivity contribution in [1.82, 2.24) is 15.2 Å². The molecule has 0 aromatic carbocycles. The van der Waals surface area contributed by atoms with Crippen LogP contribution in [0.25, 0.3) is 0 Å². The first kappa shape index (κ1) is 34.5. The van der Waals surface area contributed by atoms with E-state index in [0.29, 0.717) is 18.2 Å². The fraction of sp³-hybridized carbons (Fsp3) is 0.806. The number of carbonyl (C=O) groups is 1. The minimum atomic E-state index is -3.28. The number of pyridine rings is 1. The van der Waals surface area contributed by atoms with E-state index in [0.717, 1.165) is 76.9 Å². The lowest BCUT2D eigenvalue weighted by Gasteiger charge is -2.38. The highest BCUT2D eigenvalue weighted by atomic mass is 32.2. The Balaban J connectivity index is 1.38. The molecule has 1 aliphatic rings. The summed E-state index contributed by atoms with van der Waals surface area (Å²) in [6, 6.07) is 4.52. The lowest BCUT2D eigenvalue weighted by Crippen LogP contribution is -2.49. The number of anilines is 1. The van der Waals surface area contributed by atoms with Gasteiger partial charge in [-0.2, -0.15) is 8.42 Å². The predicted molar refractivity (Wildman–Crippen MR) is 166 cm³/mol. The molecule has 1 aromatic rings. The minimum absolute atomic E-state index is 0.0263. The Bertz CT molecular complexity index is 902. The van der Waals surface area contributed by atoms with Crippen LogP contribution in [0.2, 0.25) is 0 Å². The Kier molecular flexibility index (Phi) is 17.4. The Labute approximate surface area is 244 Å². The molecule has 1 unspecified atom stereocenters. The van der Waals surface area contributed by atoms with Gasteiger partial charge in [-0.05, 0) is 38.3 Å². The van der Waals surface area contributed by atoms with E-state index in [2.05, 4.69) is 33.9 Å². The number of nitrogens with one attached hydrogen (secondary N) is 1. The summed E-state index contributed by atoms with van der Waals surface area (Å²) in [5.74, 6) is 0.939. The number of unbranched alkanes of at least 4 members (excludes halogenated alkanes) is 13. The van der Waals surface area contributed by atoms with Crippen molar-refractivity contribution < 1.29 is 17.4 Å². The average molecular weight is 581 g/mol. The molecule has 2 heterocycles. The highest BCUT2D eigenvalue weighted by Gasteiger charge is 2.21. The smallest absolute Gasteiger partial charge is 0.264 e. The summed E-state index contributed by atoms with van der Waals surface area (Å²) in [5.41, 5.74) is 0.640. The third kappa shape index (κ3) is 15.3. The Morgan fingerprint density at radius 3 is 1.88 bits per heavy atom. The SMILES string of the molecule is CCC(C)N1CCN(c2ccc(C(=O)NCCCCCCCCCCCCCCCCOS(C)(=O)=O)cn2)CC1. The molecule has 0 radical (unpaired) electrons. The Morgan fingerprint density at radius 2 is 1.40 bits per heavy atom. The molecular formula is C31H56N4O4S. The fourth-order valence-electron chi connectivity index (χ4n) is 5.22. The highest BCUT2D eigenvalue weighted by molar-refractivity contribution is 7.85. The number of rotatable bonds is 22. The van der Waals surface area contributed by atoms with Crippen LogP contribution in [0, 0.1) is 0 Å². The van der Waals surface area contributed by atoms with Gasteiger partial charge >= 0.3 is 0 Å². The molecule has 2 rings (SSSR count). The highest BCUT2D eigenvalue weighted by Crippen LogP contribution is 2.17. The topological polar surface area (TPSA) is 91.8 Å². The molecule has 0 aliphatic carbocycles. The summed E-state index contributed by atoms with van der Waals surface area (Å²) in [7, 11) is -3.28. The summed E-state index contributed by atoms with van der Waals surface area (Å²) in [5, 5.41) is 3.05. The van der Waals surface area contributed by atoms with Gasteiger partial charge in [0.25, 0.3) is 16.0 Å². The molecule has 0 bridgehead atoms. The first-order valence-electron chi connectivity index (χ1n) is 15.9. The van der Waals surface area contributed by atoms with Gasteiger partial charge in [0.1, 0.15) is 5.82 Å². The molecule has 1 fully saturated rings. The normalized spacial score (nSPS) is 15.3. The number of carbonyl (C=O) groups excluding carboxylic acids is 1.